The molecule has 0 bridgehead atoms. The second-order valence-corrected chi connectivity index (χ2v) is 8.19. The van der Waals surface area contributed by atoms with Gasteiger partial charge in [-0.3, -0.25) is 23.8 Å². The zero-order valence-corrected chi connectivity index (χ0v) is 17.7. The lowest BCUT2D eigenvalue weighted by Gasteiger charge is -2.34. The molecule has 32 heavy (non-hydrogen) atoms. The van der Waals surface area contributed by atoms with Crippen molar-refractivity contribution in [1.29, 1.82) is 0 Å². The Hall–Kier alpha value is -2.96. The maximum atomic E-state index is 12.3. The van der Waals surface area contributed by atoms with Crippen LogP contribution in [0.15, 0.2) is 46.7 Å². The van der Waals surface area contributed by atoms with E-state index in [9.17, 15) is 22.8 Å². The molecule has 1 saturated heterocycles. The number of hydrogen-bond acceptors (Lipinski definition) is 7. The zero-order chi connectivity index (χ0) is 22.7. The minimum atomic E-state index is -4.75. The van der Waals surface area contributed by atoms with Gasteiger partial charge in [0.25, 0.3) is 5.56 Å². The van der Waals surface area contributed by atoms with Crippen molar-refractivity contribution < 1.29 is 22.7 Å². The molecule has 1 amide bonds. The molecule has 0 unspecified atom stereocenters. The molecule has 170 valence electrons. The molecule has 0 spiro atoms. The molecule has 1 aliphatic rings. The summed E-state index contributed by atoms with van der Waals surface area (Å²) in [6.07, 6.45) is -3.05. The Balaban J connectivity index is 1.23. The number of carbonyl (C=O) groups is 1. The topological polar surface area (TPSA) is 79.2 Å². The van der Waals surface area contributed by atoms with Crippen molar-refractivity contribution in [3.63, 3.8) is 0 Å². The number of rotatable bonds is 6. The van der Waals surface area contributed by atoms with Crippen LogP contribution in [0.5, 0.6) is 5.75 Å². The lowest BCUT2D eigenvalue weighted by molar-refractivity contribution is -0.274. The second kappa shape index (κ2) is 9.27. The first kappa shape index (κ1) is 22.2. The van der Waals surface area contributed by atoms with E-state index in [4.69, 9.17) is 0 Å². The van der Waals surface area contributed by atoms with Crippen molar-refractivity contribution in [2.24, 2.45) is 0 Å². The number of aromatic nitrogens is 2. The number of anilines is 1. The molecular weight excluding hydrogens is 447 g/mol. The van der Waals surface area contributed by atoms with E-state index in [1.807, 2.05) is 10.3 Å². The average Bonchev–Trinajstić information content (AvgIpc) is 3.19. The summed E-state index contributed by atoms with van der Waals surface area (Å²) in [6, 6.07) is 6.56. The molecule has 1 N–H and O–H groups in total. The quantitative estimate of drug-likeness (QED) is 0.600. The molecule has 3 aromatic rings. The van der Waals surface area contributed by atoms with Gasteiger partial charge in [-0.1, -0.05) is 0 Å². The number of thiazole rings is 1. The summed E-state index contributed by atoms with van der Waals surface area (Å²) in [4.78, 5) is 33.8. The van der Waals surface area contributed by atoms with Crippen LogP contribution in [0.1, 0.15) is 5.69 Å². The molecule has 0 aliphatic carbocycles. The van der Waals surface area contributed by atoms with Gasteiger partial charge in [0.2, 0.25) is 5.91 Å². The average molecular weight is 467 g/mol. The van der Waals surface area contributed by atoms with E-state index >= 15 is 0 Å². The second-order valence-electron chi connectivity index (χ2n) is 7.31. The number of fused-ring (bicyclic) bond motifs is 1. The Kier molecular flexibility index (Phi) is 6.44. The predicted octanol–water partition coefficient (Wildman–Crippen LogP) is 2.41. The van der Waals surface area contributed by atoms with Crippen LogP contribution in [0.4, 0.5) is 18.9 Å². The summed E-state index contributed by atoms with van der Waals surface area (Å²) < 4.78 is 42.0. The van der Waals surface area contributed by atoms with Crippen molar-refractivity contribution in [3.8, 4) is 5.75 Å². The molecule has 0 radical (unpaired) electrons. The van der Waals surface area contributed by atoms with E-state index in [0.717, 1.165) is 30.9 Å². The Morgan fingerprint density at radius 3 is 2.50 bits per heavy atom. The smallest absolute Gasteiger partial charge is 0.406 e. The number of amides is 1. The van der Waals surface area contributed by atoms with Crippen molar-refractivity contribution in [3.05, 3.63) is 58.0 Å². The van der Waals surface area contributed by atoms with Crippen molar-refractivity contribution >= 4 is 27.9 Å². The molecule has 0 saturated carbocycles. The van der Waals surface area contributed by atoms with E-state index in [2.05, 4.69) is 19.9 Å². The van der Waals surface area contributed by atoms with Crippen LogP contribution in [-0.2, 0) is 11.3 Å². The Morgan fingerprint density at radius 2 is 1.81 bits per heavy atom. The highest BCUT2D eigenvalue weighted by atomic mass is 32.1. The zero-order valence-electron chi connectivity index (χ0n) is 16.8. The number of benzene rings is 1. The molecule has 12 heteroatoms. The van der Waals surface area contributed by atoms with Gasteiger partial charge in [-0.2, -0.15) is 0 Å². The van der Waals surface area contributed by atoms with Crippen molar-refractivity contribution in [1.82, 2.24) is 19.2 Å². The number of carbonyl (C=O) groups excluding carboxylic acids is 1. The number of nitrogens with one attached hydrogen (secondary N) is 1. The number of alkyl halides is 3. The van der Waals surface area contributed by atoms with Gasteiger partial charge in [0.15, 0.2) is 4.96 Å². The van der Waals surface area contributed by atoms with Gasteiger partial charge < -0.3 is 10.1 Å². The fraction of sp³-hybridized carbons (Fsp3) is 0.350. The van der Waals surface area contributed by atoms with Crippen LogP contribution in [0.3, 0.4) is 0 Å². The fourth-order valence-corrected chi connectivity index (χ4v) is 4.19. The molecule has 8 nitrogen and oxygen atoms in total. The minimum absolute atomic E-state index is 0.0976. The maximum Gasteiger partial charge on any atom is 0.573 e. The fourth-order valence-electron chi connectivity index (χ4n) is 3.45. The minimum Gasteiger partial charge on any atom is -0.406 e. The van der Waals surface area contributed by atoms with Gasteiger partial charge in [0, 0.05) is 56.1 Å². The summed E-state index contributed by atoms with van der Waals surface area (Å²) >= 11 is 1.41. The molecule has 2 aromatic heterocycles. The molecule has 3 heterocycles. The first-order valence-electron chi connectivity index (χ1n) is 9.81. The Labute approximate surface area is 184 Å². The van der Waals surface area contributed by atoms with Gasteiger partial charge in [0.1, 0.15) is 5.75 Å². The van der Waals surface area contributed by atoms with E-state index in [-0.39, 0.29) is 23.8 Å². The molecular formula is C20H20F3N5O3S. The van der Waals surface area contributed by atoms with Crippen LogP contribution in [0.2, 0.25) is 0 Å². The van der Waals surface area contributed by atoms with Gasteiger partial charge in [0.05, 0.1) is 12.2 Å². The highest BCUT2D eigenvalue weighted by molar-refractivity contribution is 7.15. The summed E-state index contributed by atoms with van der Waals surface area (Å²) in [5.74, 6) is -0.595. The lowest BCUT2D eigenvalue weighted by atomic mass is 10.2. The van der Waals surface area contributed by atoms with E-state index in [0.29, 0.717) is 30.3 Å². The molecule has 0 atom stereocenters. The number of piperazine rings is 1. The predicted molar refractivity (Wildman–Crippen MR) is 113 cm³/mol. The third kappa shape index (κ3) is 5.84. The van der Waals surface area contributed by atoms with Crippen LogP contribution < -0.4 is 15.6 Å². The highest BCUT2D eigenvalue weighted by Crippen LogP contribution is 2.24. The van der Waals surface area contributed by atoms with E-state index in [1.54, 1.807) is 12.3 Å². The van der Waals surface area contributed by atoms with Gasteiger partial charge in [-0.15, -0.1) is 24.5 Å². The van der Waals surface area contributed by atoms with E-state index < -0.39 is 6.36 Å². The van der Waals surface area contributed by atoms with Crippen molar-refractivity contribution in [2.75, 3.05) is 38.0 Å². The Bertz CT molecular complexity index is 1140. The molecule has 1 aromatic carbocycles. The molecule has 1 aliphatic heterocycles. The SMILES string of the molecule is O=C(CN1CCN(Cc2cc(=O)n3ccsc3n2)CC1)Nc1ccc(OC(F)(F)F)cc1. The van der Waals surface area contributed by atoms with E-state index in [1.165, 1.54) is 27.9 Å². The number of halogens is 3. The number of nitrogens with zero attached hydrogens (tertiary/aromatic N) is 4. The summed E-state index contributed by atoms with van der Waals surface area (Å²) in [6.45, 7) is 3.54. The van der Waals surface area contributed by atoms with Gasteiger partial charge >= 0.3 is 6.36 Å². The molecule has 1 fully saturated rings. The first-order chi connectivity index (χ1) is 15.2. The van der Waals surface area contributed by atoms with Gasteiger partial charge in [-0.05, 0) is 24.3 Å². The lowest BCUT2D eigenvalue weighted by Crippen LogP contribution is -2.48. The van der Waals surface area contributed by atoms with Crippen molar-refractivity contribution in [2.45, 2.75) is 12.9 Å². The van der Waals surface area contributed by atoms with Gasteiger partial charge in [-0.25, -0.2) is 4.98 Å². The summed E-state index contributed by atoms with van der Waals surface area (Å²) in [5.41, 5.74) is 1.02. The maximum absolute atomic E-state index is 12.3. The van der Waals surface area contributed by atoms with Crippen LogP contribution in [-0.4, -0.2) is 64.2 Å². The van der Waals surface area contributed by atoms with Crippen LogP contribution >= 0.6 is 11.3 Å². The normalized spacial score (nSPS) is 15.7. The standard InChI is InChI=1S/C20H20F3N5O3S/c21-20(22,23)31-16-3-1-14(2-4-16)24-17(29)13-27-7-5-26(6-8-27)12-15-11-18(30)28-9-10-32-19(28)25-15/h1-4,9-11H,5-8,12-13H2,(H,24,29). The number of hydrogen-bond donors (Lipinski definition) is 1. The monoisotopic (exact) mass is 467 g/mol. The van der Waals surface area contributed by atoms with Crippen LogP contribution in [0.25, 0.3) is 4.96 Å². The summed E-state index contributed by atoms with van der Waals surface area (Å²) in [5, 5.41) is 4.50. The van der Waals surface area contributed by atoms with Crippen LogP contribution in [0, 0.1) is 0 Å². The summed E-state index contributed by atoms with van der Waals surface area (Å²) in [7, 11) is 0. The number of ether oxygens (including phenoxy) is 1. The largest absolute Gasteiger partial charge is 0.573 e. The molecule has 4 rings (SSSR count). The first-order valence-corrected chi connectivity index (χ1v) is 10.7. The Morgan fingerprint density at radius 1 is 1.12 bits per heavy atom. The highest BCUT2D eigenvalue weighted by Gasteiger charge is 2.31. The third-order valence-electron chi connectivity index (χ3n) is 4.95. The third-order valence-corrected chi connectivity index (χ3v) is 5.70.